The van der Waals surface area contributed by atoms with Crippen LogP contribution in [0.2, 0.25) is 0 Å². The van der Waals surface area contributed by atoms with Crippen molar-refractivity contribution in [2.24, 2.45) is 0 Å². The van der Waals surface area contributed by atoms with Gasteiger partial charge in [-0.3, -0.25) is 9.97 Å². The Bertz CT molecular complexity index is 1860. The molecule has 0 aliphatic rings. The van der Waals surface area contributed by atoms with E-state index in [4.69, 9.17) is 24.9 Å². The van der Waals surface area contributed by atoms with Crippen LogP contribution in [-0.2, 0) is 0 Å². The molecule has 0 unspecified atom stereocenters. The Morgan fingerprint density at radius 2 is 0.595 bits per heavy atom. The van der Waals surface area contributed by atoms with Gasteiger partial charge in [0.15, 0.2) is 11.6 Å². The van der Waals surface area contributed by atoms with E-state index >= 15 is 0 Å². The second-order valence-corrected chi connectivity index (χ2v) is 9.19. The Labute approximate surface area is 241 Å². The van der Waals surface area contributed by atoms with Crippen LogP contribution >= 0.6 is 0 Å². The molecule has 0 aliphatic heterocycles. The molecule has 0 amide bonds. The van der Waals surface area contributed by atoms with Crippen molar-refractivity contribution < 1.29 is 0 Å². The van der Waals surface area contributed by atoms with E-state index in [1.165, 1.54) is 0 Å². The highest BCUT2D eigenvalue weighted by Gasteiger charge is 2.12. The highest BCUT2D eigenvalue weighted by atomic mass is 15.0. The lowest BCUT2D eigenvalue weighted by Crippen LogP contribution is -1.98. The zero-order chi connectivity index (χ0) is 28.1. The molecule has 0 bridgehead atoms. The average molecular weight is 544 g/mol. The number of hydrogen-bond donors (Lipinski definition) is 0. The molecule has 0 spiro atoms. The Morgan fingerprint density at radius 1 is 0.238 bits per heavy atom. The van der Waals surface area contributed by atoms with E-state index in [0.717, 1.165) is 22.8 Å². The summed E-state index contributed by atoms with van der Waals surface area (Å²) in [6.07, 6.45) is 6.92. The summed E-state index contributed by atoms with van der Waals surface area (Å²) < 4.78 is 0. The molecule has 9 nitrogen and oxygen atoms in total. The van der Waals surface area contributed by atoms with E-state index in [1.54, 1.807) is 24.8 Å². The van der Waals surface area contributed by atoms with Gasteiger partial charge in [0, 0.05) is 24.8 Å². The van der Waals surface area contributed by atoms with Crippen LogP contribution in [0.1, 0.15) is 0 Å². The summed E-state index contributed by atoms with van der Waals surface area (Å²) in [5.74, 6) is 1.00. The monoisotopic (exact) mass is 543 g/mol. The number of nitrogens with zero attached hydrogens (tertiary/aromatic N) is 9. The summed E-state index contributed by atoms with van der Waals surface area (Å²) in [5, 5.41) is 0. The van der Waals surface area contributed by atoms with Crippen LogP contribution in [0.15, 0.2) is 128 Å². The highest BCUT2D eigenvalue weighted by Crippen LogP contribution is 2.25. The maximum absolute atomic E-state index is 4.87. The van der Waals surface area contributed by atoms with Gasteiger partial charge in [0.1, 0.15) is 11.4 Å². The van der Waals surface area contributed by atoms with Crippen molar-refractivity contribution in [3.05, 3.63) is 128 Å². The van der Waals surface area contributed by atoms with Crippen molar-refractivity contribution in [2.75, 3.05) is 0 Å². The Hall–Kier alpha value is -6.09. The SMILES string of the molecule is c1ccc(-c2cccc(-c3nccc(-c4cccc(-c5ccnc(-c6cccc(-c7ccccn7)n6)n5)n4)n3)n2)nc1. The Kier molecular flexibility index (Phi) is 6.63. The topological polar surface area (TPSA) is 116 Å². The molecular formula is C33H21N9. The Morgan fingerprint density at radius 3 is 1.02 bits per heavy atom. The standard InChI is InChI=1S/C33H21N9/c1-3-18-34-22(8-1)24-10-6-14-30(39-24)32-36-20-16-28(41-32)26-12-5-13-27(38-26)29-17-21-37-33(42-29)31-15-7-11-25(40-31)23-9-2-4-19-35-23/h1-21H. The molecule has 0 radical (unpaired) electrons. The predicted molar refractivity (Wildman–Crippen MR) is 159 cm³/mol. The molecule has 198 valence electrons. The van der Waals surface area contributed by atoms with Crippen molar-refractivity contribution in [1.29, 1.82) is 0 Å². The molecule has 0 atom stereocenters. The van der Waals surface area contributed by atoms with Crippen LogP contribution < -0.4 is 0 Å². The van der Waals surface area contributed by atoms with Crippen molar-refractivity contribution in [3.63, 3.8) is 0 Å². The average Bonchev–Trinajstić information content (AvgIpc) is 3.09. The Balaban J connectivity index is 1.19. The molecule has 7 aromatic heterocycles. The highest BCUT2D eigenvalue weighted by molar-refractivity contribution is 5.66. The van der Waals surface area contributed by atoms with E-state index in [-0.39, 0.29) is 0 Å². The van der Waals surface area contributed by atoms with Gasteiger partial charge in [0.25, 0.3) is 0 Å². The first-order chi connectivity index (χ1) is 20.8. The fourth-order valence-electron chi connectivity index (χ4n) is 4.40. The third-order valence-corrected chi connectivity index (χ3v) is 6.40. The van der Waals surface area contributed by atoms with Gasteiger partial charge in [-0.1, -0.05) is 30.3 Å². The summed E-state index contributed by atoms with van der Waals surface area (Å²) >= 11 is 0. The van der Waals surface area contributed by atoms with Crippen LogP contribution in [0.3, 0.4) is 0 Å². The molecule has 7 heterocycles. The van der Waals surface area contributed by atoms with Crippen LogP contribution in [-0.4, -0.2) is 44.9 Å². The van der Waals surface area contributed by atoms with E-state index in [0.29, 0.717) is 45.8 Å². The quantitative estimate of drug-likeness (QED) is 0.240. The smallest absolute Gasteiger partial charge is 0.178 e. The summed E-state index contributed by atoms with van der Waals surface area (Å²) in [7, 11) is 0. The number of rotatable bonds is 6. The van der Waals surface area contributed by atoms with Crippen molar-refractivity contribution in [2.45, 2.75) is 0 Å². The lowest BCUT2D eigenvalue weighted by Gasteiger charge is -2.08. The van der Waals surface area contributed by atoms with Crippen LogP contribution in [0.5, 0.6) is 0 Å². The molecule has 42 heavy (non-hydrogen) atoms. The van der Waals surface area contributed by atoms with E-state index < -0.39 is 0 Å². The van der Waals surface area contributed by atoms with Gasteiger partial charge in [-0.05, 0) is 72.8 Å². The molecule has 0 fully saturated rings. The second-order valence-electron chi connectivity index (χ2n) is 9.19. The van der Waals surface area contributed by atoms with Crippen LogP contribution in [0.25, 0.3) is 68.6 Å². The largest absolute Gasteiger partial charge is 0.255 e. The molecule has 0 aliphatic carbocycles. The van der Waals surface area contributed by atoms with E-state index in [2.05, 4.69) is 19.9 Å². The third-order valence-electron chi connectivity index (χ3n) is 6.40. The first-order valence-electron chi connectivity index (χ1n) is 13.2. The maximum atomic E-state index is 4.87. The number of hydrogen-bond acceptors (Lipinski definition) is 9. The first kappa shape index (κ1) is 24.9. The van der Waals surface area contributed by atoms with Gasteiger partial charge >= 0.3 is 0 Å². The molecule has 7 aromatic rings. The molecule has 0 aromatic carbocycles. The molecule has 0 N–H and O–H groups in total. The zero-order valence-corrected chi connectivity index (χ0v) is 22.1. The van der Waals surface area contributed by atoms with Gasteiger partial charge in [0.2, 0.25) is 0 Å². The van der Waals surface area contributed by atoms with Crippen molar-refractivity contribution >= 4 is 0 Å². The normalized spacial score (nSPS) is 10.9. The van der Waals surface area contributed by atoms with Gasteiger partial charge in [-0.2, -0.15) is 0 Å². The minimum atomic E-state index is 0.501. The first-order valence-corrected chi connectivity index (χ1v) is 13.2. The van der Waals surface area contributed by atoms with Crippen molar-refractivity contribution in [3.8, 4) is 68.6 Å². The number of pyridine rings is 5. The van der Waals surface area contributed by atoms with Crippen LogP contribution in [0, 0.1) is 0 Å². The minimum absolute atomic E-state index is 0.501. The minimum Gasteiger partial charge on any atom is -0.255 e. The molecule has 0 saturated heterocycles. The van der Waals surface area contributed by atoms with Gasteiger partial charge < -0.3 is 0 Å². The summed E-state index contributed by atoms with van der Waals surface area (Å²) in [6.45, 7) is 0. The van der Waals surface area contributed by atoms with E-state index in [9.17, 15) is 0 Å². The zero-order valence-electron chi connectivity index (χ0n) is 22.1. The van der Waals surface area contributed by atoms with Gasteiger partial charge in [0.05, 0.1) is 45.6 Å². The van der Waals surface area contributed by atoms with Gasteiger partial charge in [-0.15, -0.1) is 0 Å². The van der Waals surface area contributed by atoms with Crippen molar-refractivity contribution in [1.82, 2.24) is 44.9 Å². The molecule has 7 rings (SSSR count). The molecular weight excluding hydrogens is 522 g/mol. The van der Waals surface area contributed by atoms with E-state index in [1.807, 2.05) is 103 Å². The fraction of sp³-hybridized carbons (Fsp3) is 0. The van der Waals surface area contributed by atoms with Crippen LogP contribution in [0.4, 0.5) is 0 Å². The summed E-state index contributed by atoms with van der Waals surface area (Å²) in [5.41, 5.74) is 7.09. The molecule has 0 saturated carbocycles. The summed E-state index contributed by atoms with van der Waals surface area (Å²) in [6, 6.07) is 32.3. The predicted octanol–water partition coefficient (Wildman–Crippen LogP) is 6.24. The van der Waals surface area contributed by atoms with Gasteiger partial charge in [-0.25, -0.2) is 34.9 Å². The molecule has 9 heteroatoms. The summed E-state index contributed by atoms with van der Waals surface area (Å²) in [4.78, 5) is 41.7. The lowest BCUT2D eigenvalue weighted by atomic mass is 10.2. The lowest BCUT2D eigenvalue weighted by molar-refractivity contribution is 1.11. The fourth-order valence-corrected chi connectivity index (χ4v) is 4.40. The third kappa shape index (κ3) is 5.22. The number of aromatic nitrogens is 9. The maximum Gasteiger partial charge on any atom is 0.178 e. The second kappa shape index (κ2) is 11.2.